The number of likely N-dealkylation sites (tertiary alicyclic amines) is 1. The van der Waals surface area contributed by atoms with Gasteiger partial charge in [0.15, 0.2) is 5.82 Å². The number of piperidine rings is 1. The first-order valence-corrected chi connectivity index (χ1v) is 7.17. The predicted octanol–water partition coefficient (Wildman–Crippen LogP) is 1.13. The summed E-state index contributed by atoms with van der Waals surface area (Å²) >= 11 is 0. The van der Waals surface area contributed by atoms with E-state index in [-0.39, 0.29) is 0 Å². The van der Waals surface area contributed by atoms with Gasteiger partial charge in [0.05, 0.1) is 0 Å². The third-order valence-corrected chi connectivity index (χ3v) is 3.99. The van der Waals surface area contributed by atoms with Crippen LogP contribution < -0.4 is 0 Å². The van der Waals surface area contributed by atoms with Crippen LogP contribution in [0.2, 0.25) is 0 Å². The van der Waals surface area contributed by atoms with Crippen LogP contribution in [0.15, 0.2) is 0 Å². The highest BCUT2D eigenvalue weighted by Gasteiger charge is 2.21. The molecule has 0 spiro atoms. The van der Waals surface area contributed by atoms with Gasteiger partial charge >= 0.3 is 0 Å². The molecule has 0 aromatic carbocycles. The molecule has 3 rings (SSSR count). The van der Waals surface area contributed by atoms with Gasteiger partial charge in [-0.25, -0.2) is 9.67 Å². The van der Waals surface area contributed by atoms with Gasteiger partial charge in [-0.3, -0.25) is 0 Å². The Morgan fingerprint density at radius 1 is 1.17 bits per heavy atom. The van der Waals surface area contributed by atoms with Crippen LogP contribution in [-0.4, -0.2) is 44.4 Å². The van der Waals surface area contributed by atoms with Crippen molar-refractivity contribution in [1.82, 2.24) is 19.7 Å². The average molecular weight is 250 g/mol. The number of aryl methyl sites for hydroxylation is 1. The summed E-state index contributed by atoms with van der Waals surface area (Å²) in [6, 6.07) is 0. The number of hydrogen-bond acceptors (Lipinski definition) is 4. The second-order valence-corrected chi connectivity index (χ2v) is 5.41. The Bertz CT molecular complexity index is 398. The van der Waals surface area contributed by atoms with Gasteiger partial charge < -0.3 is 10.0 Å². The first-order chi connectivity index (χ1) is 8.83. The fourth-order valence-electron chi connectivity index (χ4n) is 2.93. The predicted molar refractivity (Wildman–Crippen MR) is 68.2 cm³/mol. The molecule has 0 radical (unpaired) electrons. The van der Waals surface area contributed by atoms with E-state index >= 15 is 0 Å². The first-order valence-electron chi connectivity index (χ1n) is 7.17. The van der Waals surface area contributed by atoms with Crippen LogP contribution >= 0.6 is 0 Å². The zero-order chi connectivity index (χ0) is 12.4. The smallest absolute Gasteiger partial charge is 0.152 e. The Hall–Kier alpha value is -0.940. The molecule has 0 aliphatic carbocycles. The van der Waals surface area contributed by atoms with Crippen molar-refractivity contribution in [3.05, 3.63) is 11.6 Å². The minimum atomic E-state index is -0.454. The van der Waals surface area contributed by atoms with Crippen LogP contribution in [0.3, 0.4) is 0 Å². The highest BCUT2D eigenvalue weighted by molar-refractivity contribution is 4.97. The van der Waals surface area contributed by atoms with Crippen LogP contribution in [0.1, 0.15) is 50.0 Å². The van der Waals surface area contributed by atoms with Crippen molar-refractivity contribution in [2.45, 2.75) is 51.2 Å². The molecule has 100 valence electrons. The number of rotatable bonds is 3. The van der Waals surface area contributed by atoms with E-state index in [0.717, 1.165) is 43.9 Å². The standard InChI is InChI=1S/C13H22N4O/c18-13-6-4-5-12-14-11(15-17(12)13)7-10-16-8-2-1-3-9-16/h13,18H,1-10H2. The quantitative estimate of drug-likeness (QED) is 0.874. The number of aliphatic hydroxyl groups is 1. The third-order valence-electron chi connectivity index (χ3n) is 3.99. The summed E-state index contributed by atoms with van der Waals surface area (Å²) in [6.45, 7) is 3.49. The van der Waals surface area contributed by atoms with Crippen molar-refractivity contribution in [3.8, 4) is 0 Å². The lowest BCUT2D eigenvalue weighted by atomic mass is 10.1. The number of fused-ring (bicyclic) bond motifs is 1. The van der Waals surface area contributed by atoms with E-state index in [0.29, 0.717) is 0 Å². The molecular formula is C13H22N4O. The molecule has 1 atom stereocenters. The van der Waals surface area contributed by atoms with Crippen molar-refractivity contribution >= 4 is 0 Å². The lowest BCUT2D eigenvalue weighted by molar-refractivity contribution is 0.0643. The number of aromatic nitrogens is 3. The van der Waals surface area contributed by atoms with Gasteiger partial charge in [0.2, 0.25) is 0 Å². The molecule has 18 heavy (non-hydrogen) atoms. The average Bonchev–Trinajstić information content (AvgIpc) is 2.82. The van der Waals surface area contributed by atoms with Crippen molar-refractivity contribution in [2.75, 3.05) is 19.6 Å². The van der Waals surface area contributed by atoms with E-state index in [4.69, 9.17) is 0 Å². The molecule has 1 unspecified atom stereocenters. The molecule has 0 amide bonds. The molecule has 1 N–H and O–H groups in total. The SMILES string of the molecule is OC1CCCc2nc(CCN3CCCCC3)nn21. The Labute approximate surface area is 108 Å². The first kappa shape index (κ1) is 12.1. The van der Waals surface area contributed by atoms with Crippen molar-refractivity contribution in [1.29, 1.82) is 0 Å². The van der Waals surface area contributed by atoms with Crippen LogP contribution in [0.25, 0.3) is 0 Å². The second-order valence-electron chi connectivity index (χ2n) is 5.41. The Morgan fingerprint density at radius 3 is 2.78 bits per heavy atom. The monoisotopic (exact) mass is 250 g/mol. The highest BCUT2D eigenvalue weighted by Crippen LogP contribution is 2.20. The van der Waals surface area contributed by atoms with E-state index in [2.05, 4.69) is 15.0 Å². The van der Waals surface area contributed by atoms with Gasteiger partial charge in [0, 0.05) is 19.4 Å². The Morgan fingerprint density at radius 2 is 2.00 bits per heavy atom. The van der Waals surface area contributed by atoms with Crippen molar-refractivity contribution in [2.24, 2.45) is 0 Å². The lowest BCUT2D eigenvalue weighted by Gasteiger charge is -2.25. The highest BCUT2D eigenvalue weighted by atomic mass is 16.3. The zero-order valence-corrected chi connectivity index (χ0v) is 10.9. The van der Waals surface area contributed by atoms with Crippen LogP contribution in [0, 0.1) is 0 Å². The summed E-state index contributed by atoms with van der Waals surface area (Å²) in [5.41, 5.74) is 0. The molecule has 3 heterocycles. The molecule has 0 bridgehead atoms. The molecule has 1 aromatic rings. The van der Waals surface area contributed by atoms with E-state index in [9.17, 15) is 5.11 Å². The minimum Gasteiger partial charge on any atom is -0.372 e. The van der Waals surface area contributed by atoms with E-state index in [1.54, 1.807) is 4.68 Å². The summed E-state index contributed by atoms with van der Waals surface area (Å²) in [7, 11) is 0. The van der Waals surface area contributed by atoms with Crippen LogP contribution in [0.5, 0.6) is 0 Å². The van der Waals surface area contributed by atoms with Gasteiger partial charge in [-0.05, 0) is 38.8 Å². The van der Waals surface area contributed by atoms with Crippen LogP contribution in [-0.2, 0) is 12.8 Å². The molecule has 5 nitrogen and oxygen atoms in total. The van der Waals surface area contributed by atoms with Gasteiger partial charge in [-0.15, -0.1) is 0 Å². The van der Waals surface area contributed by atoms with E-state index in [1.165, 1.54) is 32.4 Å². The molecule has 1 fully saturated rings. The molecule has 1 saturated heterocycles. The van der Waals surface area contributed by atoms with E-state index in [1.807, 2.05) is 0 Å². The fraction of sp³-hybridized carbons (Fsp3) is 0.846. The van der Waals surface area contributed by atoms with Crippen LogP contribution in [0.4, 0.5) is 0 Å². The van der Waals surface area contributed by atoms with Gasteiger partial charge in [-0.2, -0.15) is 5.10 Å². The number of nitrogens with zero attached hydrogens (tertiary/aromatic N) is 4. The van der Waals surface area contributed by atoms with Gasteiger partial charge in [0.1, 0.15) is 12.1 Å². The maximum atomic E-state index is 9.84. The van der Waals surface area contributed by atoms with E-state index < -0.39 is 6.23 Å². The maximum absolute atomic E-state index is 9.84. The molecule has 5 heteroatoms. The summed E-state index contributed by atoms with van der Waals surface area (Å²) in [6.07, 6.45) is 7.26. The molecular weight excluding hydrogens is 228 g/mol. The molecule has 0 saturated carbocycles. The molecule has 1 aromatic heterocycles. The summed E-state index contributed by atoms with van der Waals surface area (Å²) in [4.78, 5) is 7.05. The fourth-order valence-corrected chi connectivity index (χ4v) is 2.93. The normalized spacial score (nSPS) is 25.1. The summed E-state index contributed by atoms with van der Waals surface area (Å²) in [5.74, 6) is 1.86. The Kier molecular flexibility index (Phi) is 3.61. The summed E-state index contributed by atoms with van der Waals surface area (Å²) < 4.78 is 1.72. The van der Waals surface area contributed by atoms with Crippen molar-refractivity contribution < 1.29 is 5.11 Å². The third kappa shape index (κ3) is 2.57. The number of aliphatic hydroxyl groups excluding tert-OH is 1. The second kappa shape index (κ2) is 5.36. The topological polar surface area (TPSA) is 54.2 Å². The summed E-state index contributed by atoms with van der Waals surface area (Å²) in [5, 5.41) is 14.3. The van der Waals surface area contributed by atoms with Gasteiger partial charge in [-0.1, -0.05) is 6.42 Å². The minimum absolute atomic E-state index is 0.454. The lowest BCUT2D eigenvalue weighted by Crippen LogP contribution is -2.31. The largest absolute Gasteiger partial charge is 0.372 e. The number of hydrogen-bond donors (Lipinski definition) is 1. The molecule has 2 aliphatic rings. The maximum Gasteiger partial charge on any atom is 0.152 e. The zero-order valence-electron chi connectivity index (χ0n) is 10.9. The van der Waals surface area contributed by atoms with Crippen molar-refractivity contribution in [3.63, 3.8) is 0 Å². The molecule has 2 aliphatic heterocycles. The Balaban J connectivity index is 1.59. The van der Waals surface area contributed by atoms with Gasteiger partial charge in [0.25, 0.3) is 0 Å².